The predicted octanol–water partition coefficient (Wildman–Crippen LogP) is 15.3. The number of nitrogens with zero attached hydrogens (tertiary/aromatic N) is 1. The van der Waals surface area contributed by atoms with E-state index in [9.17, 15) is 10.2 Å². The summed E-state index contributed by atoms with van der Waals surface area (Å²) < 4.78 is 0. The van der Waals surface area contributed by atoms with Gasteiger partial charge in [0.05, 0.1) is 0 Å². The van der Waals surface area contributed by atoms with Crippen molar-refractivity contribution in [3.63, 3.8) is 0 Å². The number of aromatic hydroxyl groups is 2. The Morgan fingerprint density at radius 3 is 0.967 bits per heavy atom. The fourth-order valence-corrected chi connectivity index (χ4v) is 8.92. The zero-order valence-corrected chi connectivity index (χ0v) is 40.9. The van der Waals surface area contributed by atoms with E-state index in [1.54, 1.807) is 0 Å². The van der Waals surface area contributed by atoms with E-state index >= 15 is 0 Å². The minimum atomic E-state index is -0.221. The smallest absolute Gasteiger partial charge is 0.123 e. The molecular formula is C58H79NO2. The number of benzene rings is 5. The van der Waals surface area contributed by atoms with Crippen LogP contribution in [0.4, 0.5) is 5.69 Å². The van der Waals surface area contributed by atoms with E-state index in [0.29, 0.717) is 35.9 Å². The van der Waals surface area contributed by atoms with Gasteiger partial charge in [0.15, 0.2) is 0 Å². The minimum absolute atomic E-state index is 0.221. The van der Waals surface area contributed by atoms with Crippen molar-refractivity contribution in [2.24, 2.45) is 11.3 Å². The van der Waals surface area contributed by atoms with Crippen molar-refractivity contribution < 1.29 is 10.2 Å². The normalized spacial score (nSPS) is 13.4. The van der Waals surface area contributed by atoms with Gasteiger partial charge in [-0.1, -0.05) is 171 Å². The average molecular weight is 822 g/mol. The van der Waals surface area contributed by atoms with E-state index in [4.69, 9.17) is 0 Å². The highest BCUT2D eigenvalue weighted by molar-refractivity contribution is 5.55. The van der Waals surface area contributed by atoms with Crippen LogP contribution < -0.4 is 4.90 Å². The van der Waals surface area contributed by atoms with E-state index in [0.717, 1.165) is 47.2 Å². The van der Waals surface area contributed by atoms with Gasteiger partial charge in [-0.25, -0.2) is 0 Å². The van der Waals surface area contributed by atoms with Gasteiger partial charge in [-0.2, -0.15) is 0 Å². The molecule has 328 valence electrons. The van der Waals surface area contributed by atoms with Crippen LogP contribution in [0.3, 0.4) is 0 Å². The molecule has 3 heteroatoms. The number of rotatable bonds is 12. The second-order valence-electron chi connectivity index (χ2n) is 23.7. The summed E-state index contributed by atoms with van der Waals surface area (Å²) in [5.74, 6) is 1.49. The Hall–Kier alpha value is -4.50. The third kappa shape index (κ3) is 13.0. The molecule has 0 fully saturated rings. The Morgan fingerprint density at radius 2 is 0.689 bits per heavy atom. The van der Waals surface area contributed by atoms with Crippen LogP contribution in [0, 0.1) is 11.3 Å². The molecule has 0 bridgehead atoms. The van der Waals surface area contributed by atoms with Gasteiger partial charge in [-0.05, 0) is 156 Å². The lowest BCUT2D eigenvalue weighted by atomic mass is 9.78. The molecule has 0 aromatic heterocycles. The van der Waals surface area contributed by atoms with Crippen molar-refractivity contribution in [3.8, 4) is 11.5 Å². The average Bonchev–Trinajstić information content (AvgIpc) is 3.12. The van der Waals surface area contributed by atoms with Crippen LogP contribution in [0.25, 0.3) is 0 Å². The number of anilines is 1. The predicted molar refractivity (Wildman–Crippen MR) is 263 cm³/mol. The number of phenolic OH excluding ortho intramolecular Hbond substituents is 2. The first-order valence-electron chi connectivity index (χ1n) is 22.8. The first-order chi connectivity index (χ1) is 28.1. The highest BCUT2D eigenvalue weighted by Crippen LogP contribution is 2.42. The second kappa shape index (κ2) is 18.1. The summed E-state index contributed by atoms with van der Waals surface area (Å²) in [4.78, 5) is 2.45. The van der Waals surface area contributed by atoms with Gasteiger partial charge in [0.2, 0.25) is 0 Å². The standard InChI is InChI=1S/C58H79NO2/c1-39(36-54(2,3)4)29-40-17-19-41(20-18-40)30-42-21-23-43(24-22-42)31-44-25-27-47(28-26-44)59(37-45-32-48(55(5,6)7)52(60)49(33-45)56(8,9)10)38-46-34-50(57(11,12)13)53(61)51(35-46)58(14,15)16/h17-28,32-35,39,60-61H,29-31,36-38H2,1-16H3. The molecule has 0 heterocycles. The van der Waals surface area contributed by atoms with Crippen LogP contribution in [0.2, 0.25) is 0 Å². The maximum absolute atomic E-state index is 11.6. The van der Waals surface area contributed by atoms with Crippen molar-refractivity contribution in [1.29, 1.82) is 0 Å². The zero-order valence-electron chi connectivity index (χ0n) is 40.9. The molecule has 0 aliphatic rings. The Kier molecular flexibility index (Phi) is 14.1. The molecule has 2 N–H and O–H groups in total. The van der Waals surface area contributed by atoms with Crippen LogP contribution in [0.1, 0.15) is 178 Å². The fourth-order valence-electron chi connectivity index (χ4n) is 8.92. The summed E-state index contributed by atoms with van der Waals surface area (Å²) >= 11 is 0. The van der Waals surface area contributed by atoms with Crippen molar-refractivity contribution in [1.82, 2.24) is 0 Å². The zero-order chi connectivity index (χ0) is 45.3. The maximum atomic E-state index is 11.6. The van der Waals surface area contributed by atoms with E-state index in [-0.39, 0.29) is 21.7 Å². The minimum Gasteiger partial charge on any atom is -0.507 e. The lowest BCUT2D eigenvalue weighted by Gasteiger charge is -2.32. The summed E-state index contributed by atoms with van der Waals surface area (Å²) in [6, 6.07) is 36.3. The lowest BCUT2D eigenvalue weighted by molar-refractivity contribution is 0.306. The van der Waals surface area contributed by atoms with E-state index in [1.807, 2.05) is 0 Å². The largest absolute Gasteiger partial charge is 0.507 e. The van der Waals surface area contributed by atoms with Crippen LogP contribution >= 0.6 is 0 Å². The highest BCUT2D eigenvalue weighted by atomic mass is 16.3. The van der Waals surface area contributed by atoms with Gasteiger partial charge in [0.1, 0.15) is 11.5 Å². The van der Waals surface area contributed by atoms with Crippen molar-refractivity contribution in [2.75, 3.05) is 4.90 Å². The van der Waals surface area contributed by atoms with Gasteiger partial charge in [0, 0.05) is 18.8 Å². The molecule has 5 aromatic carbocycles. The van der Waals surface area contributed by atoms with Crippen LogP contribution in [-0.4, -0.2) is 10.2 Å². The molecule has 0 saturated carbocycles. The van der Waals surface area contributed by atoms with Gasteiger partial charge in [-0.3, -0.25) is 0 Å². The summed E-state index contributed by atoms with van der Waals surface area (Å²) in [6.45, 7) is 36.8. The SMILES string of the molecule is CC(Cc1ccc(Cc2ccc(Cc3ccc(N(Cc4cc(C(C)(C)C)c(O)c(C(C)(C)C)c4)Cc4cc(C(C)(C)C)c(O)c(C(C)(C)C)c4)cc3)cc2)cc1)CC(C)(C)C. The van der Waals surface area contributed by atoms with Gasteiger partial charge < -0.3 is 15.1 Å². The highest BCUT2D eigenvalue weighted by Gasteiger charge is 2.29. The third-order valence-electron chi connectivity index (χ3n) is 12.0. The van der Waals surface area contributed by atoms with Crippen LogP contribution in [0.5, 0.6) is 11.5 Å². The molecule has 3 nitrogen and oxygen atoms in total. The quantitative estimate of drug-likeness (QED) is 0.132. The molecule has 61 heavy (non-hydrogen) atoms. The number of phenols is 2. The van der Waals surface area contributed by atoms with Crippen molar-refractivity contribution in [2.45, 2.75) is 171 Å². The molecule has 0 aliphatic heterocycles. The molecule has 0 aliphatic carbocycles. The van der Waals surface area contributed by atoms with E-state index in [2.05, 4.69) is 213 Å². The van der Waals surface area contributed by atoms with Crippen molar-refractivity contribution >= 4 is 5.69 Å². The molecule has 1 atom stereocenters. The van der Waals surface area contributed by atoms with Crippen LogP contribution in [0.15, 0.2) is 97.1 Å². The molecule has 5 rings (SSSR count). The molecule has 1 unspecified atom stereocenters. The Bertz CT molecular complexity index is 2070. The fraction of sp³-hybridized carbons (Fsp3) is 0.483. The first-order valence-corrected chi connectivity index (χ1v) is 22.8. The molecule has 0 saturated heterocycles. The third-order valence-corrected chi connectivity index (χ3v) is 12.0. The van der Waals surface area contributed by atoms with Gasteiger partial charge >= 0.3 is 0 Å². The Labute approximate surface area is 371 Å². The molecule has 0 radical (unpaired) electrons. The second-order valence-corrected chi connectivity index (χ2v) is 23.7. The first kappa shape index (κ1) is 47.5. The maximum Gasteiger partial charge on any atom is 0.123 e. The lowest BCUT2D eigenvalue weighted by Crippen LogP contribution is -2.25. The summed E-state index contributed by atoms with van der Waals surface area (Å²) in [7, 11) is 0. The van der Waals surface area contributed by atoms with Crippen molar-refractivity contribution in [3.05, 3.63) is 158 Å². The molecule has 0 amide bonds. The summed E-state index contributed by atoms with van der Waals surface area (Å²) in [6.07, 6.45) is 4.18. The van der Waals surface area contributed by atoms with Crippen LogP contribution in [-0.2, 0) is 54.0 Å². The van der Waals surface area contributed by atoms with Gasteiger partial charge in [0.25, 0.3) is 0 Å². The summed E-state index contributed by atoms with van der Waals surface area (Å²) in [5.41, 5.74) is 13.5. The van der Waals surface area contributed by atoms with Gasteiger partial charge in [-0.15, -0.1) is 0 Å². The Morgan fingerprint density at radius 1 is 0.410 bits per heavy atom. The summed E-state index contributed by atoms with van der Waals surface area (Å²) in [5, 5.41) is 23.1. The number of hydrogen-bond acceptors (Lipinski definition) is 3. The molecule has 5 aromatic rings. The topological polar surface area (TPSA) is 43.7 Å². The van der Waals surface area contributed by atoms with E-state index < -0.39 is 0 Å². The molecule has 0 spiro atoms. The van der Waals surface area contributed by atoms with E-state index in [1.165, 1.54) is 45.4 Å². The molecular weight excluding hydrogens is 743 g/mol. The number of hydrogen-bond donors (Lipinski definition) is 2. The Balaban J connectivity index is 1.41. The monoisotopic (exact) mass is 822 g/mol.